The highest BCUT2D eigenvalue weighted by Gasteiger charge is 2.26. The molecule has 0 bridgehead atoms. The van der Waals surface area contributed by atoms with E-state index in [1.807, 2.05) is 23.1 Å². The summed E-state index contributed by atoms with van der Waals surface area (Å²) in [6.07, 6.45) is 5.91. The first-order chi connectivity index (χ1) is 13.7. The predicted molar refractivity (Wildman–Crippen MR) is 123 cm³/mol. The molecule has 0 N–H and O–H groups in total. The highest BCUT2D eigenvalue weighted by molar-refractivity contribution is 8.03. The topological polar surface area (TPSA) is 7.12 Å². The van der Waals surface area contributed by atoms with Gasteiger partial charge in [-0.2, -0.15) is 4.57 Å². The summed E-state index contributed by atoms with van der Waals surface area (Å²) >= 11 is 3.89. The summed E-state index contributed by atoms with van der Waals surface area (Å²) < 4.78 is 3.94. The lowest BCUT2D eigenvalue weighted by atomic mass is 10.1. The van der Waals surface area contributed by atoms with E-state index in [2.05, 4.69) is 84.8 Å². The number of thioether (sulfide) groups is 1. The first-order valence-electron chi connectivity index (χ1n) is 10.4. The molecule has 2 heterocycles. The Morgan fingerprint density at radius 1 is 1.04 bits per heavy atom. The predicted octanol–water partition coefficient (Wildman–Crippen LogP) is 6.64. The third-order valence-corrected chi connectivity index (χ3v) is 7.46. The molecule has 28 heavy (non-hydrogen) atoms. The fourth-order valence-electron chi connectivity index (χ4n) is 3.91. The van der Waals surface area contributed by atoms with E-state index in [0.29, 0.717) is 5.92 Å². The molecule has 146 valence electrons. The zero-order valence-corrected chi connectivity index (χ0v) is 18.7. The molecular weight excluding hydrogens is 380 g/mol. The summed E-state index contributed by atoms with van der Waals surface area (Å²) in [6.45, 7) is 9.08. The highest BCUT2D eigenvalue weighted by Crippen LogP contribution is 2.46. The SMILES string of the molecule is CCCN1C(=CC(C)Cc2sc3ccccc3[n+]2CCC)Sc2ccccc21. The summed E-state index contributed by atoms with van der Waals surface area (Å²) in [5.74, 6) is 0.507. The number of anilines is 1. The Labute approximate surface area is 176 Å². The number of allylic oxidation sites excluding steroid dienone is 1. The summed E-state index contributed by atoms with van der Waals surface area (Å²) in [7, 11) is 0. The summed E-state index contributed by atoms with van der Waals surface area (Å²) in [5, 5.41) is 2.90. The first-order valence-corrected chi connectivity index (χ1v) is 12.0. The molecule has 4 heteroatoms. The van der Waals surface area contributed by atoms with Gasteiger partial charge in [0.15, 0.2) is 0 Å². The molecule has 0 aliphatic carbocycles. The minimum atomic E-state index is 0.507. The van der Waals surface area contributed by atoms with E-state index in [1.54, 1.807) is 0 Å². The molecule has 0 saturated heterocycles. The number of rotatable bonds is 7. The minimum Gasteiger partial charge on any atom is -0.335 e. The van der Waals surface area contributed by atoms with Crippen molar-refractivity contribution < 1.29 is 4.57 Å². The van der Waals surface area contributed by atoms with Gasteiger partial charge < -0.3 is 4.90 Å². The van der Waals surface area contributed by atoms with Crippen LogP contribution in [0.5, 0.6) is 0 Å². The van der Waals surface area contributed by atoms with Crippen molar-refractivity contribution in [3.05, 3.63) is 64.6 Å². The van der Waals surface area contributed by atoms with Gasteiger partial charge in [-0.15, -0.1) is 0 Å². The second kappa shape index (κ2) is 8.71. The van der Waals surface area contributed by atoms with Crippen molar-refractivity contribution in [3.8, 4) is 0 Å². The Bertz CT molecular complexity index is 989. The molecule has 0 spiro atoms. The number of benzene rings is 2. The van der Waals surface area contributed by atoms with Crippen molar-refractivity contribution in [2.24, 2.45) is 5.92 Å². The van der Waals surface area contributed by atoms with Crippen LogP contribution in [0, 0.1) is 5.92 Å². The number of thiazole rings is 1. The van der Waals surface area contributed by atoms with E-state index in [1.165, 1.54) is 37.3 Å². The van der Waals surface area contributed by atoms with Crippen LogP contribution in [0.3, 0.4) is 0 Å². The molecule has 0 saturated carbocycles. The van der Waals surface area contributed by atoms with Crippen LogP contribution >= 0.6 is 23.1 Å². The van der Waals surface area contributed by atoms with Crippen molar-refractivity contribution in [1.82, 2.24) is 0 Å². The normalized spacial score (nSPS) is 16.1. The molecule has 0 amide bonds. The zero-order valence-electron chi connectivity index (χ0n) is 17.0. The van der Waals surface area contributed by atoms with Gasteiger partial charge in [-0.3, -0.25) is 0 Å². The molecule has 2 aromatic carbocycles. The molecule has 1 aliphatic rings. The molecule has 1 aromatic heterocycles. The molecule has 4 rings (SSSR count). The van der Waals surface area contributed by atoms with E-state index in [0.717, 1.165) is 25.9 Å². The Kier molecular flexibility index (Phi) is 6.07. The molecule has 1 atom stereocenters. The molecule has 2 nitrogen and oxygen atoms in total. The fraction of sp³-hybridized carbons (Fsp3) is 0.375. The van der Waals surface area contributed by atoms with Crippen molar-refractivity contribution in [1.29, 1.82) is 0 Å². The average Bonchev–Trinajstić information content (AvgIpc) is 3.21. The van der Waals surface area contributed by atoms with Crippen LogP contribution in [-0.4, -0.2) is 6.54 Å². The maximum Gasteiger partial charge on any atom is 0.238 e. The van der Waals surface area contributed by atoms with Gasteiger partial charge in [-0.05, 0) is 30.5 Å². The van der Waals surface area contributed by atoms with Crippen molar-refractivity contribution in [3.63, 3.8) is 0 Å². The van der Waals surface area contributed by atoms with E-state index >= 15 is 0 Å². The summed E-state index contributed by atoms with van der Waals surface area (Å²) in [4.78, 5) is 3.89. The molecule has 0 radical (unpaired) electrons. The number of nitrogens with zero attached hydrogens (tertiary/aromatic N) is 2. The van der Waals surface area contributed by atoms with E-state index < -0.39 is 0 Å². The van der Waals surface area contributed by atoms with E-state index in [9.17, 15) is 0 Å². The lowest BCUT2D eigenvalue weighted by Crippen LogP contribution is -2.36. The van der Waals surface area contributed by atoms with Crippen LogP contribution in [0.2, 0.25) is 0 Å². The number of hydrogen-bond acceptors (Lipinski definition) is 3. The van der Waals surface area contributed by atoms with Gasteiger partial charge in [0.1, 0.15) is 11.2 Å². The second-order valence-corrected chi connectivity index (χ2v) is 9.70. The van der Waals surface area contributed by atoms with Gasteiger partial charge in [-0.25, -0.2) is 0 Å². The Morgan fingerprint density at radius 3 is 2.64 bits per heavy atom. The van der Waals surface area contributed by atoms with Crippen LogP contribution in [0.1, 0.15) is 38.6 Å². The van der Waals surface area contributed by atoms with E-state index in [4.69, 9.17) is 0 Å². The van der Waals surface area contributed by atoms with Gasteiger partial charge in [0.25, 0.3) is 0 Å². The quantitative estimate of drug-likeness (QED) is 0.404. The number of aryl methyl sites for hydroxylation is 1. The maximum absolute atomic E-state index is 2.54. The third-order valence-electron chi connectivity index (χ3n) is 5.14. The first kappa shape index (κ1) is 19.5. The summed E-state index contributed by atoms with van der Waals surface area (Å²) in [5.41, 5.74) is 2.76. The summed E-state index contributed by atoms with van der Waals surface area (Å²) in [6, 6.07) is 17.6. The van der Waals surface area contributed by atoms with Gasteiger partial charge in [0.2, 0.25) is 10.5 Å². The van der Waals surface area contributed by atoms with Gasteiger partial charge in [0.05, 0.1) is 10.7 Å². The third kappa shape index (κ3) is 3.85. The van der Waals surface area contributed by atoms with Crippen LogP contribution in [0.4, 0.5) is 5.69 Å². The van der Waals surface area contributed by atoms with Crippen LogP contribution < -0.4 is 9.47 Å². The number of aromatic nitrogens is 1. The minimum absolute atomic E-state index is 0.507. The van der Waals surface area contributed by atoms with Crippen molar-refractivity contribution >= 4 is 39.0 Å². The Balaban J connectivity index is 1.60. The lowest BCUT2D eigenvalue weighted by molar-refractivity contribution is -0.674. The van der Waals surface area contributed by atoms with Gasteiger partial charge in [-0.1, -0.05) is 74.2 Å². The van der Waals surface area contributed by atoms with Gasteiger partial charge in [0, 0.05) is 30.3 Å². The number of fused-ring (bicyclic) bond motifs is 2. The molecule has 1 aliphatic heterocycles. The molecular formula is C24H29N2S2+. The molecule has 3 aromatic rings. The van der Waals surface area contributed by atoms with Crippen LogP contribution in [0.15, 0.2) is 64.5 Å². The standard InChI is InChI=1S/C24H29N2S2/c1-4-14-25-19-10-6-8-12-21(19)27-23(25)16-18(3)17-24-26(15-5-2)20-11-7-9-13-22(20)28-24/h6-13,16,18H,4-5,14-15,17H2,1-3H3/q+1. The van der Waals surface area contributed by atoms with Gasteiger partial charge >= 0.3 is 0 Å². The van der Waals surface area contributed by atoms with Crippen LogP contribution in [0.25, 0.3) is 10.2 Å². The zero-order chi connectivity index (χ0) is 19.5. The monoisotopic (exact) mass is 409 g/mol. The van der Waals surface area contributed by atoms with Crippen LogP contribution in [-0.2, 0) is 13.0 Å². The van der Waals surface area contributed by atoms with E-state index in [-0.39, 0.29) is 0 Å². The maximum atomic E-state index is 2.54. The Hall–Kier alpha value is -1.78. The van der Waals surface area contributed by atoms with Crippen molar-refractivity contribution in [2.45, 2.75) is 51.5 Å². The van der Waals surface area contributed by atoms with Crippen molar-refractivity contribution in [2.75, 3.05) is 11.4 Å². The Morgan fingerprint density at radius 2 is 1.82 bits per heavy atom. The smallest absolute Gasteiger partial charge is 0.238 e. The fourth-order valence-corrected chi connectivity index (χ4v) is 6.50. The number of para-hydroxylation sites is 2. The number of hydrogen-bond donors (Lipinski definition) is 0. The molecule has 0 fully saturated rings. The second-order valence-electron chi connectivity index (χ2n) is 7.52. The largest absolute Gasteiger partial charge is 0.335 e. The molecule has 1 unspecified atom stereocenters. The average molecular weight is 410 g/mol. The highest BCUT2D eigenvalue weighted by atomic mass is 32.2. The lowest BCUT2D eigenvalue weighted by Gasteiger charge is -2.20.